The van der Waals surface area contributed by atoms with Crippen LogP contribution in [0.4, 0.5) is 11.5 Å². The highest BCUT2D eigenvalue weighted by Gasteiger charge is 2.25. The summed E-state index contributed by atoms with van der Waals surface area (Å²) in [6, 6.07) is 1.55. The van der Waals surface area contributed by atoms with Crippen LogP contribution in [0.2, 0.25) is 0 Å². The number of nitrogen functional groups attached to an aromatic ring is 1. The van der Waals surface area contributed by atoms with Crippen molar-refractivity contribution in [1.29, 1.82) is 0 Å². The van der Waals surface area contributed by atoms with Crippen molar-refractivity contribution >= 4 is 23.4 Å². The van der Waals surface area contributed by atoms with Crippen LogP contribution >= 0.6 is 0 Å². The van der Waals surface area contributed by atoms with Crippen LogP contribution in [0, 0.1) is 5.92 Å². The number of esters is 1. The Labute approximate surface area is 116 Å². The lowest BCUT2D eigenvalue weighted by Gasteiger charge is -2.32. The zero-order chi connectivity index (χ0) is 14.7. The Morgan fingerprint density at radius 1 is 1.40 bits per heavy atom. The predicted octanol–water partition coefficient (Wildman–Crippen LogP) is 0.152. The number of pyridine rings is 1. The fourth-order valence-corrected chi connectivity index (χ4v) is 2.34. The molecule has 0 spiro atoms. The van der Waals surface area contributed by atoms with Gasteiger partial charge in [-0.25, -0.2) is 9.78 Å². The van der Waals surface area contributed by atoms with E-state index in [-0.39, 0.29) is 11.8 Å². The monoisotopic (exact) mass is 278 g/mol. The number of carbonyl (C=O) groups excluding carboxylic acids is 2. The lowest BCUT2D eigenvalue weighted by molar-refractivity contribution is -0.122. The number of piperidine rings is 1. The molecule has 20 heavy (non-hydrogen) atoms. The maximum absolute atomic E-state index is 11.4. The number of anilines is 2. The van der Waals surface area contributed by atoms with Gasteiger partial charge in [0.05, 0.1) is 18.4 Å². The number of primary amides is 1. The second-order valence-electron chi connectivity index (χ2n) is 4.79. The molecular formula is C13H18N4O3. The number of ether oxygens (including phenoxy) is 1. The van der Waals surface area contributed by atoms with E-state index in [0.29, 0.717) is 43.0 Å². The number of hydrogen-bond donors (Lipinski definition) is 2. The molecule has 1 saturated heterocycles. The van der Waals surface area contributed by atoms with Crippen molar-refractivity contribution in [1.82, 2.24) is 4.98 Å². The Kier molecular flexibility index (Phi) is 4.07. The van der Waals surface area contributed by atoms with Crippen LogP contribution in [0.3, 0.4) is 0 Å². The summed E-state index contributed by atoms with van der Waals surface area (Å²) in [6.07, 6.45) is 2.82. The van der Waals surface area contributed by atoms with Crippen LogP contribution < -0.4 is 16.4 Å². The van der Waals surface area contributed by atoms with Gasteiger partial charge < -0.3 is 21.1 Å². The Morgan fingerprint density at radius 2 is 2.05 bits per heavy atom. The molecule has 2 heterocycles. The molecule has 0 bridgehead atoms. The molecule has 1 aromatic rings. The third-order valence-corrected chi connectivity index (χ3v) is 3.51. The summed E-state index contributed by atoms with van der Waals surface area (Å²) < 4.78 is 4.62. The van der Waals surface area contributed by atoms with E-state index in [1.807, 2.05) is 4.90 Å². The molecule has 1 aliphatic rings. The van der Waals surface area contributed by atoms with E-state index in [1.54, 1.807) is 6.07 Å². The number of methoxy groups -OCH3 is 1. The van der Waals surface area contributed by atoms with Gasteiger partial charge in [0.25, 0.3) is 0 Å². The van der Waals surface area contributed by atoms with E-state index in [1.165, 1.54) is 13.3 Å². The Balaban J connectivity index is 2.11. The number of aromatic nitrogens is 1. The van der Waals surface area contributed by atoms with Crippen molar-refractivity contribution < 1.29 is 14.3 Å². The maximum atomic E-state index is 11.4. The quantitative estimate of drug-likeness (QED) is 0.761. The highest BCUT2D eigenvalue weighted by molar-refractivity contribution is 5.91. The molecule has 108 valence electrons. The summed E-state index contributed by atoms with van der Waals surface area (Å²) in [5.74, 6) is -0.183. The van der Waals surface area contributed by atoms with Crippen molar-refractivity contribution in [2.45, 2.75) is 12.8 Å². The fourth-order valence-electron chi connectivity index (χ4n) is 2.34. The van der Waals surface area contributed by atoms with Crippen molar-refractivity contribution in [3.05, 3.63) is 17.8 Å². The molecule has 0 aliphatic carbocycles. The van der Waals surface area contributed by atoms with Crippen molar-refractivity contribution in [3.63, 3.8) is 0 Å². The average Bonchev–Trinajstić information content (AvgIpc) is 2.46. The minimum Gasteiger partial charge on any atom is -0.465 e. The Morgan fingerprint density at radius 3 is 2.55 bits per heavy atom. The van der Waals surface area contributed by atoms with Gasteiger partial charge in [0, 0.05) is 25.2 Å². The molecule has 2 rings (SSSR count). The minimum atomic E-state index is -0.469. The molecule has 7 nitrogen and oxygen atoms in total. The standard InChI is InChI=1S/C13H18N4O3/c1-20-13(19)9-6-10(14)12(16-7-9)17-4-2-8(3-5-17)11(15)18/h6-8H,2-5,14H2,1H3,(H2,15,18). The molecule has 0 aromatic carbocycles. The van der Waals surface area contributed by atoms with E-state index >= 15 is 0 Å². The van der Waals surface area contributed by atoms with Gasteiger partial charge in [-0.15, -0.1) is 0 Å². The van der Waals surface area contributed by atoms with E-state index < -0.39 is 5.97 Å². The molecular weight excluding hydrogens is 260 g/mol. The molecule has 0 atom stereocenters. The predicted molar refractivity (Wildman–Crippen MR) is 74.1 cm³/mol. The second-order valence-corrected chi connectivity index (χ2v) is 4.79. The summed E-state index contributed by atoms with van der Waals surface area (Å²) in [4.78, 5) is 28.7. The number of rotatable bonds is 3. The third-order valence-electron chi connectivity index (χ3n) is 3.51. The van der Waals surface area contributed by atoms with Gasteiger partial charge in [-0.05, 0) is 18.9 Å². The first kappa shape index (κ1) is 14.1. The molecule has 0 saturated carbocycles. The van der Waals surface area contributed by atoms with Gasteiger partial charge in [-0.2, -0.15) is 0 Å². The lowest BCUT2D eigenvalue weighted by Crippen LogP contribution is -2.39. The summed E-state index contributed by atoms with van der Waals surface area (Å²) in [7, 11) is 1.31. The molecule has 0 unspecified atom stereocenters. The molecule has 1 amide bonds. The van der Waals surface area contributed by atoms with E-state index in [9.17, 15) is 9.59 Å². The molecule has 7 heteroatoms. The fraction of sp³-hybridized carbons (Fsp3) is 0.462. The van der Waals surface area contributed by atoms with Crippen LogP contribution in [0.15, 0.2) is 12.3 Å². The molecule has 1 aliphatic heterocycles. The van der Waals surface area contributed by atoms with E-state index in [0.717, 1.165) is 0 Å². The average molecular weight is 278 g/mol. The minimum absolute atomic E-state index is 0.0817. The smallest absolute Gasteiger partial charge is 0.339 e. The second kappa shape index (κ2) is 5.77. The Bertz CT molecular complexity index is 524. The zero-order valence-electron chi connectivity index (χ0n) is 11.3. The highest BCUT2D eigenvalue weighted by atomic mass is 16.5. The number of hydrogen-bond acceptors (Lipinski definition) is 6. The summed E-state index contributed by atoms with van der Waals surface area (Å²) >= 11 is 0. The van der Waals surface area contributed by atoms with Crippen LogP contribution in [0.5, 0.6) is 0 Å². The summed E-state index contributed by atoms with van der Waals surface area (Å²) in [5.41, 5.74) is 12.0. The first-order valence-corrected chi connectivity index (χ1v) is 6.41. The third kappa shape index (κ3) is 2.81. The van der Waals surface area contributed by atoms with Crippen LogP contribution in [0.1, 0.15) is 23.2 Å². The molecule has 1 fully saturated rings. The van der Waals surface area contributed by atoms with Crippen LogP contribution in [-0.2, 0) is 9.53 Å². The first-order chi connectivity index (χ1) is 9.52. The van der Waals surface area contributed by atoms with Gasteiger partial charge in [0.2, 0.25) is 5.91 Å². The molecule has 1 aromatic heterocycles. The largest absolute Gasteiger partial charge is 0.465 e. The van der Waals surface area contributed by atoms with Crippen LogP contribution in [-0.4, -0.2) is 37.1 Å². The van der Waals surface area contributed by atoms with Gasteiger partial charge in [0.1, 0.15) is 0 Å². The van der Waals surface area contributed by atoms with Crippen molar-refractivity contribution in [2.75, 3.05) is 30.8 Å². The lowest BCUT2D eigenvalue weighted by atomic mass is 9.96. The van der Waals surface area contributed by atoms with Gasteiger partial charge in [-0.3, -0.25) is 4.79 Å². The number of nitrogens with two attached hydrogens (primary N) is 2. The normalized spacial score (nSPS) is 15.9. The molecule has 0 radical (unpaired) electrons. The van der Waals surface area contributed by atoms with Gasteiger partial charge >= 0.3 is 5.97 Å². The van der Waals surface area contributed by atoms with Crippen molar-refractivity contribution in [3.8, 4) is 0 Å². The first-order valence-electron chi connectivity index (χ1n) is 6.41. The SMILES string of the molecule is COC(=O)c1cnc(N2CCC(C(N)=O)CC2)c(N)c1. The topological polar surface area (TPSA) is 112 Å². The van der Waals surface area contributed by atoms with E-state index in [2.05, 4.69) is 9.72 Å². The zero-order valence-corrected chi connectivity index (χ0v) is 11.3. The van der Waals surface area contributed by atoms with Crippen molar-refractivity contribution in [2.24, 2.45) is 11.7 Å². The maximum Gasteiger partial charge on any atom is 0.339 e. The van der Waals surface area contributed by atoms with E-state index in [4.69, 9.17) is 11.5 Å². The molecule has 4 N–H and O–H groups in total. The summed E-state index contributed by atoms with van der Waals surface area (Å²) in [5, 5.41) is 0. The summed E-state index contributed by atoms with van der Waals surface area (Å²) in [6.45, 7) is 1.34. The highest BCUT2D eigenvalue weighted by Crippen LogP contribution is 2.26. The van der Waals surface area contributed by atoms with Gasteiger partial charge in [0.15, 0.2) is 5.82 Å². The van der Waals surface area contributed by atoms with Crippen LogP contribution in [0.25, 0.3) is 0 Å². The van der Waals surface area contributed by atoms with Gasteiger partial charge in [-0.1, -0.05) is 0 Å². The number of carbonyl (C=O) groups is 2. The number of nitrogens with zero attached hydrogens (tertiary/aromatic N) is 2. The number of amides is 1. The Hall–Kier alpha value is -2.31.